The molecule has 0 aliphatic heterocycles. The van der Waals surface area contributed by atoms with Crippen LogP contribution in [-0.2, 0) is 4.74 Å². The van der Waals surface area contributed by atoms with Gasteiger partial charge in [-0.1, -0.05) is 25.5 Å². The van der Waals surface area contributed by atoms with E-state index in [1.54, 1.807) is 12.1 Å². The quantitative estimate of drug-likeness (QED) is 0.775. The van der Waals surface area contributed by atoms with E-state index in [1.165, 1.54) is 12.1 Å². The van der Waals surface area contributed by atoms with E-state index in [0.717, 1.165) is 18.4 Å². The van der Waals surface area contributed by atoms with Gasteiger partial charge in [-0.15, -0.1) is 0 Å². The average molecular weight is 265 g/mol. The maximum Gasteiger partial charge on any atom is 0.407 e. The van der Waals surface area contributed by atoms with Gasteiger partial charge in [0.1, 0.15) is 0 Å². The third-order valence-electron chi connectivity index (χ3n) is 2.72. The maximum atomic E-state index is 11.4. The second kappa shape index (κ2) is 7.41. The molecule has 0 saturated carbocycles. The van der Waals surface area contributed by atoms with Gasteiger partial charge < -0.3 is 15.2 Å². The average Bonchev–Trinajstić information content (AvgIpc) is 2.39. The Morgan fingerprint density at radius 2 is 1.95 bits per heavy atom. The Morgan fingerprint density at radius 3 is 2.47 bits per heavy atom. The maximum absolute atomic E-state index is 11.4. The van der Waals surface area contributed by atoms with Crippen LogP contribution in [0.1, 0.15) is 48.7 Å². The second-order valence-corrected chi connectivity index (χ2v) is 4.28. The number of hydrogen-bond acceptors (Lipinski definition) is 3. The molecule has 0 bridgehead atoms. The van der Waals surface area contributed by atoms with Crippen LogP contribution in [0.25, 0.3) is 0 Å². The SMILES string of the molecule is CCCCOC(=O)N[C@H](C)c1ccc(C(=O)O)cc1. The molecule has 5 heteroatoms. The molecule has 0 aliphatic rings. The Bertz CT molecular complexity index is 428. The first-order chi connectivity index (χ1) is 9.04. The van der Waals surface area contributed by atoms with Crippen molar-refractivity contribution in [2.45, 2.75) is 32.7 Å². The summed E-state index contributed by atoms with van der Waals surface area (Å²) in [6.45, 7) is 4.25. The van der Waals surface area contributed by atoms with Crippen molar-refractivity contribution in [3.63, 3.8) is 0 Å². The molecule has 19 heavy (non-hydrogen) atoms. The number of alkyl carbamates (subject to hydrolysis) is 1. The van der Waals surface area contributed by atoms with Crippen molar-refractivity contribution in [3.05, 3.63) is 35.4 Å². The third kappa shape index (κ3) is 4.99. The minimum atomic E-state index is -0.967. The summed E-state index contributed by atoms with van der Waals surface area (Å²) in [4.78, 5) is 22.2. The molecule has 104 valence electrons. The number of benzene rings is 1. The van der Waals surface area contributed by atoms with Gasteiger partial charge in [0.25, 0.3) is 0 Å². The lowest BCUT2D eigenvalue weighted by molar-refractivity contribution is 0.0696. The monoisotopic (exact) mass is 265 g/mol. The number of ether oxygens (including phenoxy) is 1. The van der Waals surface area contributed by atoms with Crippen molar-refractivity contribution < 1.29 is 19.4 Å². The van der Waals surface area contributed by atoms with Crippen molar-refractivity contribution in [3.8, 4) is 0 Å². The van der Waals surface area contributed by atoms with E-state index in [2.05, 4.69) is 5.32 Å². The minimum Gasteiger partial charge on any atom is -0.478 e. The molecule has 0 radical (unpaired) electrons. The first kappa shape index (κ1) is 15.0. The molecule has 0 aromatic heterocycles. The van der Waals surface area contributed by atoms with Crippen LogP contribution < -0.4 is 5.32 Å². The lowest BCUT2D eigenvalue weighted by Gasteiger charge is -2.14. The van der Waals surface area contributed by atoms with E-state index >= 15 is 0 Å². The molecular formula is C14H19NO4. The predicted molar refractivity (Wildman–Crippen MR) is 71.2 cm³/mol. The van der Waals surface area contributed by atoms with E-state index in [4.69, 9.17) is 9.84 Å². The molecule has 0 unspecified atom stereocenters. The summed E-state index contributed by atoms with van der Waals surface area (Å²) in [5.41, 5.74) is 1.05. The fourth-order valence-corrected chi connectivity index (χ4v) is 1.53. The van der Waals surface area contributed by atoms with Crippen molar-refractivity contribution in [2.24, 2.45) is 0 Å². The molecule has 0 heterocycles. The van der Waals surface area contributed by atoms with Crippen LogP contribution in [0.2, 0.25) is 0 Å². The molecular weight excluding hydrogens is 246 g/mol. The first-order valence-electron chi connectivity index (χ1n) is 6.31. The van der Waals surface area contributed by atoms with Crippen molar-refractivity contribution >= 4 is 12.1 Å². The summed E-state index contributed by atoms with van der Waals surface area (Å²) < 4.78 is 4.99. The molecule has 2 N–H and O–H groups in total. The molecule has 0 aliphatic carbocycles. The zero-order valence-electron chi connectivity index (χ0n) is 11.2. The van der Waals surface area contributed by atoms with Gasteiger partial charge in [0.2, 0.25) is 0 Å². The minimum absolute atomic E-state index is 0.224. The molecule has 1 atom stereocenters. The molecule has 0 fully saturated rings. The topological polar surface area (TPSA) is 75.6 Å². The zero-order valence-corrected chi connectivity index (χ0v) is 11.2. The molecule has 1 rings (SSSR count). The second-order valence-electron chi connectivity index (χ2n) is 4.28. The van der Waals surface area contributed by atoms with Crippen molar-refractivity contribution in [1.29, 1.82) is 0 Å². The number of aromatic carboxylic acids is 1. The Kier molecular flexibility index (Phi) is 5.85. The number of unbranched alkanes of at least 4 members (excludes halogenated alkanes) is 1. The summed E-state index contributed by atoms with van der Waals surface area (Å²) in [6.07, 6.45) is 1.36. The van der Waals surface area contributed by atoms with Crippen LogP contribution in [-0.4, -0.2) is 23.8 Å². The van der Waals surface area contributed by atoms with Gasteiger partial charge in [0.15, 0.2) is 0 Å². The fraction of sp³-hybridized carbons (Fsp3) is 0.429. The summed E-state index contributed by atoms with van der Waals surface area (Å²) in [5, 5.41) is 11.5. The highest BCUT2D eigenvalue weighted by atomic mass is 16.5. The number of nitrogens with one attached hydrogen (secondary N) is 1. The highest BCUT2D eigenvalue weighted by Gasteiger charge is 2.11. The molecule has 1 amide bonds. The predicted octanol–water partition coefficient (Wildman–Crippen LogP) is 2.97. The Balaban J connectivity index is 2.50. The zero-order chi connectivity index (χ0) is 14.3. The number of rotatable bonds is 6. The Hall–Kier alpha value is -2.04. The van der Waals surface area contributed by atoms with Crippen molar-refractivity contribution in [1.82, 2.24) is 5.32 Å². The van der Waals surface area contributed by atoms with Crippen LogP contribution in [0.15, 0.2) is 24.3 Å². The van der Waals surface area contributed by atoms with Crippen LogP contribution in [0.4, 0.5) is 4.79 Å². The number of carboxylic acids is 1. The van der Waals surface area contributed by atoms with Gasteiger partial charge in [0.05, 0.1) is 18.2 Å². The van der Waals surface area contributed by atoms with E-state index < -0.39 is 12.1 Å². The molecule has 0 saturated heterocycles. The molecule has 0 spiro atoms. The largest absolute Gasteiger partial charge is 0.478 e. The van der Waals surface area contributed by atoms with E-state index in [9.17, 15) is 9.59 Å². The van der Waals surface area contributed by atoms with Gasteiger partial charge in [-0.2, -0.15) is 0 Å². The summed E-state index contributed by atoms with van der Waals surface area (Å²) in [5.74, 6) is -0.967. The molecule has 1 aromatic rings. The molecule has 1 aromatic carbocycles. The Morgan fingerprint density at radius 1 is 1.32 bits per heavy atom. The van der Waals surface area contributed by atoms with Crippen LogP contribution in [0, 0.1) is 0 Å². The number of amides is 1. The highest BCUT2D eigenvalue weighted by molar-refractivity contribution is 5.87. The van der Waals surface area contributed by atoms with Gasteiger partial charge >= 0.3 is 12.1 Å². The Labute approximate surface area is 112 Å². The normalized spacial score (nSPS) is 11.7. The summed E-state index contributed by atoms with van der Waals surface area (Å²) in [7, 11) is 0. The number of carbonyl (C=O) groups excluding carboxylic acids is 1. The van der Waals surface area contributed by atoms with Gasteiger partial charge in [-0.3, -0.25) is 0 Å². The number of hydrogen-bond donors (Lipinski definition) is 2. The van der Waals surface area contributed by atoms with E-state index in [1.807, 2.05) is 13.8 Å². The van der Waals surface area contributed by atoms with E-state index in [0.29, 0.717) is 6.61 Å². The van der Waals surface area contributed by atoms with Gasteiger partial charge in [0, 0.05) is 0 Å². The molecule has 5 nitrogen and oxygen atoms in total. The van der Waals surface area contributed by atoms with Crippen LogP contribution in [0.5, 0.6) is 0 Å². The third-order valence-corrected chi connectivity index (χ3v) is 2.72. The fourth-order valence-electron chi connectivity index (χ4n) is 1.53. The number of carboxylic acid groups (broad SMARTS) is 1. The summed E-state index contributed by atoms with van der Waals surface area (Å²) in [6, 6.07) is 6.16. The van der Waals surface area contributed by atoms with Crippen molar-refractivity contribution in [2.75, 3.05) is 6.61 Å². The lowest BCUT2D eigenvalue weighted by atomic mass is 10.1. The highest BCUT2D eigenvalue weighted by Crippen LogP contribution is 2.13. The number of carbonyl (C=O) groups is 2. The summed E-state index contributed by atoms with van der Waals surface area (Å²) >= 11 is 0. The lowest BCUT2D eigenvalue weighted by Crippen LogP contribution is -2.27. The standard InChI is InChI=1S/C14H19NO4/c1-3-4-9-19-14(18)15-10(2)11-5-7-12(8-6-11)13(16)17/h5-8,10H,3-4,9H2,1-2H3,(H,15,18)(H,16,17)/t10-/m1/s1. The van der Waals surface area contributed by atoms with Crippen LogP contribution in [0.3, 0.4) is 0 Å². The smallest absolute Gasteiger partial charge is 0.407 e. The first-order valence-corrected chi connectivity index (χ1v) is 6.31. The van der Waals surface area contributed by atoms with Gasteiger partial charge in [-0.25, -0.2) is 9.59 Å². The van der Waals surface area contributed by atoms with Gasteiger partial charge in [-0.05, 0) is 31.0 Å². The van der Waals surface area contributed by atoms with E-state index in [-0.39, 0.29) is 11.6 Å². The van der Waals surface area contributed by atoms with Crippen LogP contribution >= 0.6 is 0 Å².